The maximum atomic E-state index is 12.3. The number of anilines is 1. The minimum Gasteiger partial charge on any atom is -0.362 e. The molecule has 8 heteroatoms. The van der Waals surface area contributed by atoms with Gasteiger partial charge in [0.1, 0.15) is 10.8 Å². The van der Waals surface area contributed by atoms with Gasteiger partial charge in [-0.25, -0.2) is 4.98 Å². The van der Waals surface area contributed by atoms with Crippen LogP contribution in [-0.4, -0.2) is 15.2 Å². The largest absolute Gasteiger partial charge is 0.435 e. The Morgan fingerprint density at radius 1 is 1.26 bits per heavy atom. The van der Waals surface area contributed by atoms with Crippen LogP contribution in [0, 0.1) is 0 Å². The van der Waals surface area contributed by atoms with Crippen LogP contribution in [0.1, 0.15) is 22.5 Å². The molecule has 0 radical (unpaired) electrons. The Morgan fingerprint density at radius 2 is 2.05 bits per heavy atom. The predicted molar refractivity (Wildman–Crippen MR) is 65.9 cm³/mol. The minimum absolute atomic E-state index is 0.293. The van der Waals surface area contributed by atoms with Crippen molar-refractivity contribution in [3.8, 4) is 0 Å². The smallest absolute Gasteiger partial charge is 0.362 e. The first-order chi connectivity index (χ1) is 8.99. The van der Waals surface area contributed by atoms with Gasteiger partial charge in [-0.05, 0) is 18.6 Å². The van der Waals surface area contributed by atoms with Crippen molar-refractivity contribution in [1.82, 2.24) is 15.2 Å². The van der Waals surface area contributed by atoms with Crippen LogP contribution in [0.4, 0.5) is 19.0 Å². The van der Waals surface area contributed by atoms with E-state index >= 15 is 0 Å². The summed E-state index contributed by atoms with van der Waals surface area (Å²) in [6.07, 6.45) is -1.76. The summed E-state index contributed by atoms with van der Waals surface area (Å²) in [7, 11) is 0. The Balaban J connectivity index is 1.96. The molecule has 0 aromatic carbocycles. The zero-order valence-electron chi connectivity index (χ0n) is 10.0. The molecule has 0 aliphatic rings. The van der Waals surface area contributed by atoms with Crippen LogP contribution in [0.15, 0.2) is 18.3 Å². The summed E-state index contributed by atoms with van der Waals surface area (Å²) in [5.41, 5.74) is -0.999. The summed E-state index contributed by atoms with van der Waals surface area (Å²) in [5, 5.41) is 10.4. The number of halogens is 3. The quantitative estimate of drug-likeness (QED) is 0.939. The van der Waals surface area contributed by atoms with E-state index in [9.17, 15) is 13.2 Å². The first kappa shape index (κ1) is 13.7. The molecule has 4 nitrogen and oxygen atoms in total. The molecule has 0 atom stereocenters. The Labute approximate surface area is 111 Å². The van der Waals surface area contributed by atoms with Gasteiger partial charge in [0.2, 0.25) is 0 Å². The molecule has 0 fully saturated rings. The van der Waals surface area contributed by atoms with Crippen molar-refractivity contribution in [2.75, 3.05) is 5.32 Å². The van der Waals surface area contributed by atoms with Gasteiger partial charge in [-0.15, -0.1) is 21.5 Å². The topological polar surface area (TPSA) is 50.7 Å². The standard InChI is InChI=1S/C11H11F3N4S/c1-2-7-5-16-10(19-7)6-15-9-4-3-8(17-18-9)11(12,13)14/h3-5H,2,6H2,1H3,(H,15,18). The van der Waals surface area contributed by atoms with E-state index in [1.54, 1.807) is 17.5 Å². The highest BCUT2D eigenvalue weighted by molar-refractivity contribution is 7.11. The third-order valence-electron chi connectivity index (χ3n) is 2.33. The van der Waals surface area contributed by atoms with Gasteiger partial charge in [-0.3, -0.25) is 0 Å². The molecule has 0 saturated carbocycles. The molecule has 2 heterocycles. The summed E-state index contributed by atoms with van der Waals surface area (Å²) >= 11 is 1.56. The molecule has 0 saturated heterocycles. The summed E-state index contributed by atoms with van der Waals surface area (Å²) in [5.74, 6) is 0.293. The lowest BCUT2D eigenvalue weighted by Gasteiger charge is -2.06. The van der Waals surface area contributed by atoms with Crippen LogP contribution in [0.2, 0.25) is 0 Å². The average molecular weight is 288 g/mol. The van der Waals surface area contributed by atoms with Crippen molar-refractivity contribution >= 4 is 17.2 Å². The lowest BCUT2D eigenvalue weighted by atomic mass is 10.4. The lowest BCUT2D eigenvalue weighted by Crippen LogP contribution is -2.10. The molecule has 102 valence electrons. The van der Waals surface area contributed by atoms with Crippen molar-refractivity contribution < 1.29 is 13.2 Å². The number of alkyl halides is 3. The Morgan fingerprint density at radius 3 is 2.58 bits per heavy atom. The maximum absolute atomic E-state index is 12.3. The zero-order valence-corrected chi connectivity index (χ0v) is 10.8. The molecule has 0 unspecified atom stereocenters. The number of rotatable bonds is 4. The molecule has 1 N–H and O–H groups in total. The van der Waals surface area contributed by atoms with E-state index in [0.717, 1.165) is 22.4 Å². The van der Waals surface area contributed by atoms with E-state index in [-0.39, 0.29) is 0 Å². The molecule has 0 aliphatic heterocycles. The van der Waals surface area contributed by atoms with Gasteiger partial charge in [0.15, 0.2) is 5.69 Å². The van der Waals surface area contributed by atoms with Crippen LogP contribution in [-0.2, 0) is 19.1 Å². The Bertz CT molecular complexity index is 536. The van der Waals surface area contributed by atoms with Crippen LogP contribution in [0.5, 0.6) is 0 Å². The molecule has 19 heavy (non-hydrogen) atoms. The second-order valence-electron chi connectivity index (χ2n) is 3.73. The van der Waals surface area contributed by atoms with Gasteiger partial charge in [0.05, 0.1) is 6.54 Å². The molecular weight excluding hydrogens is 277 g/mol. The van der Waals surface area contributed by atoms with E-state index < -0.39 is 11.9 Å². The van der Waals surface area contributed by atoms with Gasteiger partial charge < -0.3 is 5.32 Å². The zero-order chi connectivity index (χ0) is 13.9. The highest BCUT2D eigenvalue weighted by atomic mass is 32.1. The number of nitrogens with one attached hydrogen (secondary N) is 1. The highest BCUT2D eigenvalue weighted by Gasteiger charge is 2.32. The second kappa shape index (κ2) is 5.52. The van der Waals surface area contributed by atoms with Crippen LogP contribution >= 0.6 is 11.3 Å². The normalized spacial score (nSPS) is 11.6. The molecule has 0 amide bonds. The monoisotopic (exact) mass is 288 g/mol. The van der Waals surface area contributed by atoms with E-state index in [0.29, 0.717) is 12.4 Å². The van der Waals surface area contributed by atoms with Gasteiger partial charge in [0, 0.05) is 11.1 Å². The molecule has 2 aromatic rings. The van der Waals surface area contributed by atoms with Gasteiger partial charge in [-0.2, -0.15) is 13.2 Å². The van der Waals surface area contributed by atoms with Crippen LogP contribution in [0.25, 0.3) is 0 Å². The van der Waals surface area contributed by atoms with E-state index in [1.165, 1.54) is 6.07 Å². The summed E-state index contributed by atoms with van der Waals surface area (Å²) in [4.78, 5) is 5.35. The van der Waals surface area contributed by atoms with Gasteiger partial charge in [-0.1, -0.05) is 6.92 Å². The van der Waals surface area contributed by atoms with Crippen molar-refractivity contribution in [2.45, 2.75) is 26.1 Å². The maximum Gasteiger partial charge on any atom is 0.435 e. The number of hydrogen-bond acceptors (Lipinski definition) is 5. The molecule has 0 bridgehead atoms. The Hall–Kier alpha value is -1.70. The van der Waals surface area contributed by atoms with Crippen molar-refractivity contribution in [1.29, 1.82) is 0 Å². The fourth-order valence-corrected chi connectivity index (χ4v) is 2.14. The van der Waals surface area contributed by atoms with E-state index in [4.69, 9.17) is 0 Å². The number of nitrogens with zero attached hydrogens (tertiary/aromatic N) is 3. The second-order valence-corrected chi connectivity index (χ2v) is 4.93. The minimum atomic E-state index is -4.46. The molecule has 2 aromatic heterocycles. The molecule has 0 aliphatic carbocycles. The number of aromatic nitrogens is 3. The first-order valence-corrected chi connectivity index (χ1v) is 6.39. The fraction of sp³-hybridized carbons (Fsp3) is 0.364. The van der Waals surface area contributed by atoms with Gasteiger partial charge in [0.25, 0.3) is 0 Å². The van der Waals surface area contributed by atoms with Crippen LogP contribution in [0.3, 0.4) is 0 Å². The predicted octanol–water partition coefficient (Wildman–Crippen LogP) is 3.13. The summed E-state index contributed by atoms with van der Waals surface area (Å²) in [6.45, 7) is 2.46. The fourth-order valence-electron chi connectivity index (χ4n) is 1.34. The highest BCUT2D eigenvalue weighted by Crippen LogP contribution is 2.27. The van der Waals surface area contributed by atoms with Crippen LogP contribution < -0.4 is 5.32 Å². The third kappa shape index (κ3) is 3.63. The van der Waals surface area contributed by atoms with E-state index in [2.05, 4.69) is 20.5 Å². The summed E-state index contributed by atoms with van der Waals surface area (Å²) in [6, 6.07) is 2.15. The van der Waals surface area contributed by atoms with Crippen molar-refractivity contribution in [2.24, 2.45) is 0 Å². The Kier molecular flexibility index (Phi) is 3.98. The van der Waals surface area contributed by atoms with E-state index in [1.807, 2.05) is 6.92 Å². The number of hydrogen-bond donors (Lipinski definition) is 1. The SMILES string of the molecule is CCc1cnc(CNc2ccc(C(F)(F)F)nn2)s1. The molecular formula is C11H11F3N4S. The van der Waals surface area contributed by atoms with Gasteiger partial charge >= 0.3 is 6.18 Å². The average Bonchev–Trinajstić information content (AvgIpc) is 2.84. The van der Waals surface area contributed by atoms with Crippen molar-refractivity contribution in [3.05, 3.63) is 33.9 Å². The molecule has 2 rings (SSSR count). The number of thiazole rings is 1. The first-order valence-electron chi connectivity index (χ1n) is 5.57. The number of aryl methyl sites for hydroxylation is 1. The third-order valence-corrected chi connectivity index (χ3v) is 3.47. The molecule has 0 spiro atoms. The lowest BCUT2D eigenvalue weighted by molar-refractivity contribution is -0.141. The summed E-state index contributed by atoms with van der Waals surface area (Å²) < 4.78 is 36.8. The van der Waals surface area contributed by atoms with Crippen molar-refractivity contribution in [3.63, 3.8) is 0 Å².